The summed E-state index contributed by atoms with van der Waals surface area (Å²) in [5.41, 5.74) is -0.933. The van der Waals surface area contributed by atoms with Crippen LogP contribution < -0.4 is 5.32 Å². The molecule has 0 aromatic carbocycles. The van der Waals surface area contributed by atoms with Gasteiger partial charge in [0, 0.05) is 6.20 Å². The van der Waals surface area contributed by atoms with Crippen LogP contribution in [0.25, 0.3) is 0 Å². The molecule has 0 spiro atoms. The van der Waals surface area contributed by atoms with Gasteiger partial charge in [-0.15, -0.1) is 0 Å². The molecule has 1 heterocycles. The molecule has 0 aliphatic heterocycles. The monoisotopic (exact) mass is 289 g/mol. The summed E-state index contributed by atoms with van der Waals surface area (Å²) >= 11 is 3.31. The minimum Gasteiger partial charge on any atom is -0.480 e. The molecule has 16 heavy (non-hydrogen) atoms. The van der Waals surface area contributed by atoms with E-state index in [4.69, 9.17) is 5.11 Å². The summed E-state index contributed by atoms with van der Waals surface area (Å²) in [5.74, 6) is -0.854. The highest BCUT2D eigenvalue weighted by molar-refractivity contribution is 9.10. The fourth-order valence-corrected chi connectivity index (χ4v) is 1.84. The Labute approximate surface area is 103 Å². The standard InChI is InChI=1S/C10H16BrN3O2/c1-7(14-6-8(11)5-13-14)4-10(2,12-3)9(15)16/h5-7,12H,4H2,1-3H3,(H,15,16). The highest BCUT2D eigenvalue weighted by Gasteiger charge is 2.33. The van der Waals surface area contributed by atoms with Crippen LogP contribution in [0, 0.1) is 0 Å². The van der Waals surface area contributed by atoms with Crippen molar-refractivity contribution in [1.29, 1.82) is 0 Å². The van der Waals surface area contributed by atoms with Gasteiger partial charge in [-0.1, -0.05) is 0 Å². The van der Waals surface area contributed by atoms with Gasteiger partial charge < -0.3 is 10.4 Å². The summed E-state index contributed by atoms with van der Waals surface area (Å²) in [7, 11) is 1.65. The fraction of sp³-hybridized carbons (Fsp3) is 0.600. The van der Waals surface area contributed by atoms with E-state index in [1.54, 1.807) is 24.9 Å². The smallest absolute Gasteiger partial charge is 0.323 e. The van der Waals surface area contributed by atoms with Gasteiger partial charge in [0.15, 0.2) is 0 Å². The van der Waals surface area contributed by atoms with Crippen molar-refractivity contribution in [2.75, 3.05) is 7.05 Å². The normalized spacial score (nSPS) is 16.8. The van der Waals surface area contributed by atoms with E-state index in [1.165, 1.54) is 0 Å². The van der Waals surface area contributed by atoms with Crippen molar-refractivity contribution in [1.82, 2.24) is 15.1 Å². The van der Waals surface area contributed by atoms with E-state index >= 15 is 0 Å². The third-order valence-corrected chi connectivity index (χ3v) is 3.16. The van der Waals surface area contributed by atoms with E-state index in [-0.39, 0.29) is 6.04 Å². The van der Waals surface area contributed by atoms with Crippen LogP contribution >= 0.6 is 15.9 Å². The second kappa shape index (κ2) is 4.97. The average molecular weight is 290 g/mol. The second-order valence-electron chi connectivity index (χ2n) is 4.08. The summed E-state index contributed by atoms with van der Waals surface area (Å²) < 4.78 is 2.64. The summed E-state index contributed by atoms with van der Waals surface area (Å²) in [6.07, 6.45) is 3.99. The number of rotatable bonds is 5. The van der Waals surface area contributed by atoms with Gasteiger partial charge in [0.1, 0.15) is 5.54 Å². The molecule has 2 atom stereocenters. The van der Waals surface area contributed by atoms with Crippen LogP contribution in [0.1, 0.15) is 26.3 Å². The van der Waals surface area contributed by atoms with E-state index in [9.17, 15) is 4.79 Å². The SMILES string of the molecule is CNC(C)(CC(C)n1cc(Br)cn1)C(=O)O. The molecule has 1 aromatic rings. The van der Waals surface area contributed by atoms with Gasteiger partial charge in [-0.25, -0.2) is 0 Å². The van der Waals surface area contributed by atoms with E-state index < -0.39 is 11.5 Å². The molecule has 0 radical (unpaired) electrons. The highest BCUT2D eigenvalue weighted by Crippen LogP contribution is 2.21. The van der Waals surface area contributed by atoms with Crippen LogP contribution in [0.3, 0.4) is 0 Å². The Bertz CT molecular complexity index is 380. The molecule has 2 N–H and O–H groups in total. The van der Waals surface area contributed by atoms with Crippen LogP contribution in [-0.4, -0.2) is 33.4 Å². The molecule has 1 aromatic heterocycles. The Morgan fingerprint density at radius 3 is 2.81 bits per heavy atom. The maximum absolute atomic E-state index is 11.1. The topological polar surface area (TPSA) is 67.2 Å². The Balaban J connectivity index is 2.77. The zero-order valence-corrected chi connectivity index (χ0v) is 11.2. The van der Waals surface area contributed by atoms with Crippen molar-refractivity contribution in [3.8, 4) is 0 Å². The average Bonchev–Trinajstić information content (AvgIpc) is 2.64. The summed E-state index contributed by atoms with van der Waals surface area (Å²) in [4.78, 5) is 11.1. The molecule has 0 saturated heterocycles. The van der Waals surface area contributed by atoms with Gasteiger partial charge in [-0.05, 0) is 43.2 Å². The van der Waals surface area contributed by atoms with Crippen LogP contribution in [-0.2, 0) is 4.79 Å². The fourth-order valence-electron chi connectivity index (χ4n) is 1.54. The van der Waals surface area contributed by atoms with Crippen LogP contribution in [0.2, 0.25) is 0 Å². The van der Waals surface area contributed by atoms with E-state index in [0.717, 1.165) is 4.47 Å². The summed E-state index contributed by atoms with van der Waals surface area (Å²) in [6, 6.07) is 0.0137. The lowest BCUT2D eigenvalue weighted by Gasteiger charge is -2.27. The van der Waals surface area contributed by atoms with Crippen molar-refractivity contribution < 1.29 is 9.90 Å². The number of hydrogen-bond acceptors (Lipinski definition) is 3. The molecule has 1 rings (SSSR count). The first kappa shape index (κ1) is 13.2. The third kappa shape index (κ3) is 2.82. The van der Waals surface area contributed by atoms with Crippen molar-refractivity contribution in [3.05, 3.63) is 16.9 Å². The number of carboxylic acids is 1. The largest absolute Gasteiger partial charge is 0.480 e. The van der Waals surface area contributed by atoms with Crippen molar-refractivity contribution in [2.45, 2.75) is 31.8 Å². The van der Waals surface area contributed by atoms with Crippen molar-refractivity contribution >= 4 is 21.9 Å². The Morgan fingerprint density at radius 1 is 1.81 bits per heavy atom. The predicted octanol–water partition coefficient (Wildman–Crippen LogP) is 1.66. The van der Waals surface area contributed by atoms with Crippen molar-refractivity contribution in [2.24, 2.45) is 0 Å². The molecule has 0 bridgehead atoms. The number of nitrogens with zero attached hydrogens (tertiary/aromatic N) is 2. The van der Waals surface area contributed by atoms with Gasteiger partial charge in [0.05, 0.1) is 16.7 Å². The maximum atomic E-state index is 11.1. The lowest BCUT2D eigenvalue weighted by Crippen LogP contribution is -2.48. The number of halogens is 1. The van der Waals surface area contributed by atoms with E-state index in [0.29, 0.717) is 6.42 Å². The number of aromatic nitrogens is 2. The number of aliphatic carboxylic acids is 1. The van der Waals surface area contributed by atoms with Crippen LogP contribution in [0.4, 0.5) is 0 Å². The molecule has 0 aliphatic carbocycles. The molecule has 0 saturated carbocycles. The third-order valence-electron chi connectivity index (χ3n) is 2.75. The molecule has 0 aliphatic rings. The molecule has 2 unspecified atom stereocenters. The molecule has 90 valence electrons. The lowest BCUT2D eigenvalue weighted by atomic mass is 9.94. The van der Waals surface area contributed by atoms with Crippen LogP contribution in [0.15, 0.2) is 16.9 Å². The predicted molar refractivity (Wildman–Crippen MR) is 64.4 cm³/mol. The van der Waals surface area contributed by atoms with Gasteiger partial charge >= 0.3 is 5.97 Å². The molecular weight excluding hydrogens is 274 g/mol. The van der Waals surface area contributed by atoms with Gasteiger partial charge in [0.25, 0.3) is 0 Å². The number of carboxylic acid groups (broad SMARTS) is 1. The number of carbonyl (C=O) groups is 1. The summed E-state index contributed by atoms with van der Waals surface area (Å²) in [5, 5.41) is 16.1. The maximum Gasteiger partial charge on any atom is 0.323 e. The number of nitrogens with one attached hydrogen (secondary N) is 1. The molecule has 0 fully saturated rings. The molecule has 5 nitrogen and oxygen atoms in total. The summed E-state index contributed by atoms with van der Waals surface area (Å²) in [6.45, 7) is 3.61. The number of hydrogen-bond donors (Lipinski definition) is 2. The Hall–Kier alpha value is -0.880. The zero-order chi connectivity index (χ0) is 12.3. The van der Waals surface area contributed by atoms with E-state index in [2.05, 4.69) is 26.3 Å². The van der Waals surface area contributed by atoms with Crippen LogP contribution in [0.5, 0.6) is 0 Å². The molecular formula is C10H16BrN3O2. The molecule has 6 heteroatoms. The molecule has 0 amide bonds. The zero-order valence-electron chi connectivity index (χ0n) is 9.57. The van der Waals surface area contributed by atoms with Gasteiger partial charge in [-0.3, -0.25) is 9.48 Å². The second-order valence-corrected chi connectivity index (χ2v) is 4.99. The first-order chi connectivity index (χ1) is 7.39. The van der Waals surface area contributed by atoms with Gasteiger partial charge in [-0.2, -0.15) is 5.10 Å². The highest BCUT2D eigenvalue weighted by atomic mass is 79.9. The minimum absolute atomic E-state index is 0.0137. The van der Waals surface area contributed by atoms with Gasteiger partial charge in [0.2, 0.25) is 0 Å². The Kier molecular flexibility index (Phi) is 4.09. The quantitative estimate of drug-likeness (QED) is 0.865. The number of likely N-dealkylation sites (N-methyl/N-ethyl adjacent to an activating group) is 1. The first-order valence-electron chi connectivity index (χ1n) is 5.01. The minimum atomic E-state index is -0.933. The van der Waals surface area contributed by atoms with Crippen molar-refractivity contribution in [3.63, 3.8) is 0 Å². The van der Waals surface area contributed by atoms with E-state index in [1.807, 2.05) is 13.1 Å². The Morgan fingerprint density at radius 2 is 2.44 bits per heavy atom. The lowest BCUT2D eigenvalue weighted by molar-refractivity contribution is -0.144. The first-order valence-corrected chi connectivity index (χ1v) is 5.80.